The summed E-state index contributed by atoms with van der Waals surface area (Å²) < 4.78 is 19.9. The second-order valence-electron chi connectivity index (χ2n) is 7.62. The smallest absolute Gasteiger partial charge is 0.491 e. The van der Waals surface area contributed by atoms with Crippen molar-refractivity contribution in [1.82, 2.24) is 0 Å². The Morgan fingerprint density at radius 1 is 0.553 bits per heavy atom. The Kier molecular flexibility index (Phi) is 12.1. The lowest BCUT2D eigenvalue weighted by Crippen LogP contribution is -2.17. The van der Waals surface area contributed by atoms with Crippen LogP contribution in [-0.4, -0.2) is 49.7 Å². The molecule has 206 valence electrons. The van der Waals surface area contributed by atoms with Gasteiger partial charge in [0.25, 0.3) is 0 Å². The van der Waals surface area contributed by atoms with Gasteiger partial charge in [0, 0.05) is 0 Å². The van der Waals surface area contributed by atoms with E-state index in [2.05, 4.69) is 39.1 Å². The van der Waals surface area contributed by atoms with Crippen molar-refractivity contribution >= 4 is 24.2 Å². The topological polar surface area (TPSA) is 161 Å². The second kappa shape index (κ2) is 15.5. The van der Waals surface area contributed by atoms with Crippen molar-refractivity contribution in [3.05, 3.63) is 59.7 Å². The van der Waals surface area contributed by atoms with Crippen LogP contribution in [0.2, 0.25) is 0 Å². The van der Waals surface area contributed by atoms with Gasteiger partial charge in [-0.2, -0.15) is 0 Å². The first-order valence-corrected chi connectivity index (χ1v) is 11.1. The van der Waals surface area contributed by atoms with Crippen molar-refractivity contribution in [3.8, 4) is 11.5 Å². The Morgan fingerprint density at radius 2 is 0.895 bits per heavy atom. The van der Waals surface area contributed by atoms with E-state index in [0.717, 1.165) is 0 Å². The molecule has 14 nitrogen and oxygen atoms in total. The highest BCUT2D eigenvalue weighted by Crippen LogP contribution is 2.15. The fourth-order valence-electron chi connectivity index (χ4n) is 2.43. The maximum Gasteiger partial charge on any atom is 0.543 e. The van der Waals surface area contributed by atoms with Gasteiger partial charge < -0.3 is 18.9 Å². The van der Waals surface area contributed by atoms with E-state index in [-0.39, 0.29) is 23.3 Å². The fourth-order valence-corrected chi connectivity index (χ4v) is 2.43. The Bertz CT molecular complexity index is 961. The largest absolute Gasteiger partial charge is 0.543 e. The molecular weight excluding hydrogens is 512 g/mol. The van der Waals surface area contributed by atoms with Crippen molar-refractivity contribution in [3.63, 3.8) is 0 Å². The van der Waals surface area contributed by atoms with Gasteiger partial charge in [-0.1, -0.05) is 0 Å². The lowest BCUT2D eigenvalue weighted by Gasteiger charge is -2.09. The monoisotopic (exact) mass is 538 g/mol. The van der Waals surface area contributed by atoms with Gasteiger partial charge in [-0.15, -0.1) is 0 Å². The Balaban J connectivity index is 1.53. The molecule has 0 bridgehead atoms. The van der Waals surface area contributed by atoms with Crippen LogP contribution in [0, 0.1) is 0 Å². The summed E-state index contributed by atoms with van der Waals surface area (Å²) in [6, 6.07) is 11.9. The third kappa shape index (κ3) is 11.5. The van der Waals surface area contributed by atoms with Crippen LogP contribution in [-0.2, 0) is 39.1 Å². The second-order valence-corrected chi connectivity index (χ2v) is 7.62. The minimum atomic E-state index is -1.40. The van der Waals surface area contributed by atoms with Gasteiger partial charge in [0.2, 0.25) is 0 Å². The van der Waals surface area contributed by atoms with Crippen LogP contribution in [0.4, 0.5) is 9.59 Å². The molecule has 0 unspecified atom stereocenters. The zero-order chi connectivity index (χ0) is 27.9. The Morgan fingerprint density at radius 3 is 1.21 bits per heavy atom. The molecule has 0 saturated heterocycles. The summed E-state index contributed by atoms with van der Waals surface area (Å²) in [6.45, 7) is 6.42. The predicted octanol–water partition coefficient (Wildman–Crippen LogP) is 4.27. The standard InChI is InChI=1S/C24H26O14/c1-15(2)31-19-9-5-17(6-10-19)21(25)33-37-35-23(27)29-13-14-30-24(28)36-38-34-22(26)18-7-11-20(12-8-18)32-16(3)4/h5-12,15-16H,13-14H2,1-4H3. The van der Waals surface area contributed by atoms with Crippen molar-refractivity contribution < 1.29 is 67.8 Å². The van der Waals surface area contributed by atoms with Gasteiger partial charge in [-0.3, -0.25) is 9.78 Å². The van der Waals surface area contributed by atoms with Crippen molar-refractivity contribution in [2.45, 2.75) is 39.9 Å². The van der Waals surface area contributed by atoms with E-state index in [1.807, 2.05) is 27.7 Å². The van der Waals surface area contributed by atoms with E-state index in [1.165, 1.54) is 24.3 Å². The molecule has 0 spiro atoms. The Hall–Kier alpha value is -4.56. The van der Waals surface area contributed by atoms with E-state index in [0.29, 0.717) is 11.5 Å². The molecule has 2 aromatic carbocycles. The van der Waals surface area contributed by atoms with Crippen molar-refractivity contribution in [2.24, 2.45) is 0 Å². The molecule has 0 aliphatic heterocycles. The molecule has 0 atom stereocenters. The van der Waals surface area contributed by atoms with Crippen LogP contribution in [0.5, 0.6) is 11.5 Å². The molecule has 2 aromatic rings. The molecule has 0 aromatic heterocycles. The third-order valence-electron chi connectivity index (χ3n) is 3.87. The highest BCUT2D eigenvalue weighted by molar-refractivity contribution is 5.89. The van der Waals surface area contributed by atoms with Crippen LogP contribution in [0.1, 0.15) is 48.4 Å². The number of carbonyl (C=O) groups is 4. The number of hydrogen-bond acceptors (Lipinski definition) is 14. The summed E-state index contributed by atoms with van der Waals surface area (Å²) in [5.74, 6) is -0.792. The molecule has 38 heavy (non-hydrogen) atoms. The SMILES string of the molecule is CC(C)Oc1ccc(C(=O)OOOC(=O)OCCOC(=O)OOOC(=O)c2ccc(OC(C)C)cc2)cc1. The summed E-state index contributed by atoms with van der Waals surface area (Å²) in [5.41, 5.74) is 0.207. The highest BCUT2D eigenvalue weighted by atomic mass is 17.5. The quantitative estimate of drug-likeness (QED) is 0.154. The number of hydrogen-bond donors (Lipinski definition) is 0. The number of carbonyl (C=O) groups excluding carboxylic acids is 4. The molecule has 0 radical (unpaired) electrons. The number of rotatable bonds is 13. The van der Waals surface area contributed by atoms with E-state index in [4.69, 9.17) is 9.47 Å². The minimum Gasteiger partial charge on any atom is -0.491 e. The van der Waals surface area contributed by atoms with Gasteiger partial charge in [-0.25, -0.2) is 29.0 Å². The molecular formula is C24H26O14. The maximum atomic E-state index is 11.8. The molecule has 0 saturated carbocycles. The predicted molar refractivity (Wildman–Crippen MR) is 122 cm³/mol. The molecule has 2 rings (SSSR count). The van der Waals surface area contributed by atoms with E-state index >= 15 is 0 Å². The lowest BCUT2D eigenvalue weighted by atomic mass is 10.2. The van der Waals surface area contributed by atoms with Crippen molar-refractivity contribution in [2.75, 3.05) is 13.2 Å². The van der Waals surface area contributed by atoms with E-state index in [1.54, 1.807) is 24.3 Å². The summed E-state index contributed by atoms with van der Waals surface area (Å²) in [4.78, 5) is 63.2. The zero-order valence-corrected chi connectivity index (χ0v) is 20.9. The van der Waals surface area contributed by atoms with Gasteiger partial charge in [0.1, 0.15) is 24.7 Å². The summed E-state index contributed by atoms with van der Waals surface area (Å²) in [7, 11) is 0. The lowest BCUT2D eigenvalue weighted by molar-refractivity contribution is -0.453. The van der Waals surface area contributed by atoms with Gasteiger partial charge in [0.05, 0.1) is 33.4 Å². The molecule has 0 amide bonds. The number of ether oxygens (including phenoxy) is 4. The van der Waals surface area contributed by atoms with Crippen molar-refractivity contribution in [1.29, 1.82) is 0 Å². The van der Waals surface area contributed by atoms with Crippen LogP contribution >= 0.6 is 0 Å². The zero-order valence-electron chi connectivity index (χ0n) is 20.9. The first-order valence-electron chi connectivity index (χ1n) is 11.1. The molecule has 0 heterocycles. The number of benzene rings is 2. The highest BCUT2D eigenvalue weighted by Gasteiger charge is 2.15. The van der Waals surface area contributed by atoms with Gasteiger partial charge in [0.15, 0.2) is 0 Å². The van der Waals surface area contributed by atoms with Crippen LogP contribution in [0.25, 0.3) is 0 Å². The fraction of sp³-hybridized carbons (Fsp3) is 0.333. The summed E-state index contributed by atoms with van der Waals surface area (Å²) in [6.07, 6.45) is -2.87. The molecule has 14 heteroatoms. The average Bonchev–Trinajstić information content (AvgIpc) is 2.86. The first kappa shape index (κ1) is 29.7. The molecule has 0 aliphatic carbocycles. The first-order chi connectivity index (χ1) is 18.1. The minimum absolute atomic E-state index is 0.0375. The maximum absolute atomic E-state index is 11.8. The van der Waals surface area contributed by atoms with Crippen LogP contribution in [0.3, 0.4) is 0 Å². The summed E-state index contributed by atoms with van der Waals surface area (Å²) in [5, 5.41) is 8.11. The van der Waals surface area contributed by atoms with Gasteiger partial charge >= 0.3 is 24.2 Å². The molecule has 0 N–H and O–H groups in total. The third-order valence-corrected chi connectivity index (χ3v) is 3.87. The summed E-state index contributed by atoms with van der Waals surface area (Å²) >= 11 is 0. The van der Waals surface area contributed by atoms with Crippen LogP contribution < -0.4 is 9.47 Å². The van der Waals surface area contributed by atoms with Crippen LogP contribution in [0.15, 0.2) is 48.5 Å². The van der Waals surface area contributed by atoms with E-state index in [9.17, 15) is 19.2 Å². The van der Waals surface area contributed by atoms with Gasteiger partial charge in [-0.05, 0) is 76.2 Å². The van der Waals surface area contributed by atoms with E-state index < -0.39 is 37.5 Å². The average molecular weight is 538 g/mol. The Labute approximate surface area is 216 Å². The normalized spacial score (nSPS) is 10.4. The molecule has 0 fully saturated rings. The molecule has 0 aliphatic rings.